The van der Waals surface area contributed by atoms with E-state index in [4.69, 9.17) is 5.11 Å². The van der Waals surface area contributed by atoms with Gasteiger partial charge in [0.05, 0.1) is 29.4 Å². The van der Waals surface area contributed by atoms with Crippen LogP contribution in [0, 0.1) is 0 Å². The van der Waals surface area contributed by atoms with Gasteiger partial charge >= 0.3 is 5.97 Å². The third-order valence-corrected chi connectivity index (χ3v) is 4.69. The Balaban J connectivity index is 2.18. The molecule has 0 unspecified atom stereocenters. The van der Waals surface area contributed by atoms with Crippen LogP contribution in [0.2, 0.25) is 0 Å². The van der Waals surface area contributed by atoms with Crippen molar-refractivity contribution < 1.29 is 14.7 Å². The molecule has 0 bridgehead atoms. The standard InChI is InChI=1S/C17H20BrN3O3/c1-3-17(4-2,9-15(22)23)20-16(24)12-10-19-21(11-12)14-7-5-13(18)6-8-14/h5-8,10-11H,3-4,9H2,1-2H3,(H,20,24)(H,22,23). The average Bonchev–Trinajstić information content (AvgIpc) is 3.04. The second-order valence-corrected chi connectivity index (χ2v) is 6.58. The Morgan fingerprint density at radius 3 is 2.42 bits per heavy atom. The third-order valence-electron chi connectivity index (χ3n) is 4.16. The first kappa shape index (κ1) is 18.2. The minimum atomic E-state index is -0.926. The number of carbonyl (C=O) groups excluding carboxylic acids is 1. The topological polar surface area (TPSA) is 84.2 Å². The number of aromatic nitrogens is 2. The fraction of sp³-hybridized carbons (Fsp3) is 0.353. The van der Waals surface area contributed by atoms with E-state index in [0.29, 0.717) is 18.4 Å². The van der Waals surface area contributed by atoms with Crippen molar-refractivity contribution in [2.75, 3.05) is 0 Å². The predicted molar refractivity (Wildman–Crippen MR) is 94.3 cm³/mol. The van der Waals surface area contributed by atoms with Crippen LogP contribution in [-0.4, -0.2) is 32.3 Å². The van der Waals surface area contributed by atoms with E-state index in [1.807, 2.05) is 38.1 Å². The van der Waals surface area contributed by atoms with Gasteiger partial charge in [0, 0.05) is 10.7 Å². The van der Waals surface area contributed by atoms with Crippen molar-refractivity contribution in [3.8, 4) is 5.69 Å². The Morgan fingerprint density at radius 1 is 1.25 bits per heavy atom. The summed E-state index contributed by atoms with van der Waals surface area (Å²) < 4.78 is 2.57. The molecule has 1 aromatic carbocycles. The quantitative estimate of drug-likeness (QED) is 0.754. The number of nitrogens with one attached hydrogen (secondary N) is 1. The van der Waals surface area contributed by atoms with Crippen LogP contribution in [-0.2, 0) is 4.79 Å². The summed E-state index contributed by atoms with van der Waals surface area (Å²) in [5, 5.41) is 16.2. The fourth-order valence-electron chi connectivity index (χ4n) is 2.50. The molecule has 0 fully saturated rings. The number of carboxylic acid groups (broad SMARTS) is 1. The minimum absolute atomic E-state index is 0.105. The molecule has 1 heterocycles. The molecule has 2 aromatic rings. The molecule has 0 radical (unpaired) electrons. The van der Waals surface area contributed by atoms with Gasteiger partial charge in [-0.3, -0.25) is 9.59 Å². The molecule has 7 heteroatoms. The van der Waals surface area contributed by atoms with E-state index in [1.165, 1.54) is 6.20 Å². The van der Waals surface area contributed by atoms with Gasteiger partial charge < -0.3 is 10.4 Å². The van der Waals surface area contributed by atoms with Gasteiger partial charge in [0.1, 0.15) is 0 Å². The van der Waals surface area contributed by atoms with Crippen molar-refractivity contribution in [2.45, 2.75) is 38.6 Å². The number of hydrogen-bond donors (Lipinski definition) is 2. The van der Waals surface area contributed by atoms with Crippen LogP contribution in [0.1, 0.15) is 43.5 Å². The first-order chi connectivity index (χ1) is 11.4. The van der Waals surface area contributed by atoms with Crippen molar-refractivity contribution in [1.29, 1.82) is 0 Å². The first-order valence-electron chi connectivity index (χ1n) is 7.74. The van der Waals surface area contributed by atoms with E-state index in [9.17, 15) is 9.59 Å². The fourth-order valence-corrected chi connectivity index (χ4v) is 2.76. The van der Waals surface area contributed by atoms with E-state index in [2.05, 4.69) is 26.3 Å². The van der Waals surface area contributed by atoms with Crippen LogP contribution in [0.3, 0.4) is 0 Å². The number of carbonyl (C=O) groups is 2. The van der Waals surface area contributed by atoms with E-state index < -0.39 is 11.5 Å². The van der Waals surface area contributed by atoms with Gasteiger partial charge in [-0.2, -0.15) is 5.10 Å². The number of hydrogen-bond acceptors (Lipinski definition) is 3. The molecular weight excluding hydrogens is 374 g/mol. The van der Waals surface area contributed by atoms with Crippen molar-refractivity contribution in [3.05, 3.63) is 46.7 Å². The van der Waals surface area contributed by atoms with Crippen molar-refractivity contribution in [3.63, 3.8) is 0 Å². The van der Waals surface area contributed by atoms with E-state index in [-0.39, 0.29) is 12.3 Å². The van der Waals surface area contributed by atoms with Crippen LogP contribution in [0.4, 0.5) is 0 Å². The van der Waals surface area contributed by atoms with Crippen molar-refractivity contribution in [2.24, 2.45) is 0 Å². The lowest BCUT2D eigenvalue weighted by Gasteiger charge is -2.31. The lowest BCUT2D eigenvalue weighted by Crippen LogP contribution is -2.49. The number of aliphatic carboxylic acids is 1. The number of nitrogens with zero attached hydrogens (tertiary/aromatic N) is 2. The van der Waals surface area contributed by atoms with Gasteiger partial charge in [-0.1, -0.05) is 29.8 Å². The molecule has 24 heavy (non-hydrogen) atoms. The van der Waals surface area contributed by atoms with Crippen LogP contribution in [0.15, 0.2) is 41.1 Å². The molecule has 1 aromatic heterocycles. The summed E-state index contributed by atoms with van der Waals surface area (Å²) in [7, 11) is 0. The van der Waals surface area contributed by atoms with Crippen LogP contribution in [0.25, 0.3) is 5.69 Å². The van der Waals surface area contributed by atoms with Gasteiger partial charge in [0.2, 0.25) is 0 Å². The maximum atomic E-state index is 12.5. The first-order valence-corrected chi connectivity index (χ1v) is 8.53. The van der Waals surface area contributed by atoms with Gasteiger partial charge in [-0.05, 0) is 37.1 Å². The molecule has 0 aliphatic rings. The Bertz CT molecular complexity index is 721. The normalized spacial score (nSPS) is 11.3. The molecule has 0 saturated carbocycles. The molecule has 0 saturated heterocycles. The molecule has 0 aliphatic heterocycles. The van der Waals surface area contributed by atoms with Crippen molar-refractivity contribution in [1.82, 2.24) is 15.1 Å². The summed E-state index contributed by atoms with van der Waals surface area (Å²) in [4.78, 5) is 23.6. The molecule has 128 valence electrons. The lowest BCUT2D eigenvalue weighted by atomic mass is 9.88. The highest BCUT2D eigenvalue weighted by Gasteiger charge is 2.31. The molecule has 1 amide bonds. The van der Waals surface area contributed by atoms with Gasteiger partial charge in [-0.25, -0.2) is 4.68 Å². The highest BCUT2D eigenvalue weighted by atomic mass is 79.9. The third kappa shape index (κ3) is 4.23. The summed E-state index contributed by atoms with van der Waals surface area (Å²) in [6, 6.07) is 7.54. The number of carboxylic acids is 1. The Morgan fingerprint density at radius 2 is 1.88 bits per heavy atom. The summed E-state index contributed by atoms with van der Waals surface area (Å²) in [5.41, 5.74) is 0.484. The van der Waals surface area contributed by atoms with E-state index in [1.54, 1.807) is 10.9 Å². The monoisotopic (exact) mass is 393 g/mol. The minimum Gasteiger partial charge on any atom is -0.481 e. The zero-order valence-electron chi connectivity index (χ0n) is 13.6. The SMILES string of the molecule is CCC(CC)(CC(=O)O)NC(=O)c1cnn(-c2ccc(Br)cc2)c1. The smallest absolute Gasteiger partial charge is 0.305 e. The maximum absolute atomic E-state index is 12.5. The van der Waals surface area contributed by atoms with E-state index >= 15 is 0 Å². The van der Waals surface area contributed by atoms with Crippen LogP contribution in [0.5, 0.6) is 0 Å². The summed E-state index contributed by atoms with van der Waals surface area (Å²) in [6.07, 6.45) is 4.10. The Kier molecular flexibility index (Phi) is 5.77. The predicted octanol–water partition coefficient (Wildman–Crippen LogP) is 3.40. The molecule has 0 spiro atoms. The largest absolute Gasteiger partial charge is 0.481 e. The summed E-state index contributed by atoms with van der Waals surface area (Å²) in [6.45, 7) is 3.75. The molecule has 2 rings (SSSR count). The molecule has 0 aliphatic carbocycles. The molecular formula is C17H20BrN3O3. The Labute approximate surface area is 149 Å². The molecule has 2 N–H and O–H groups in total. The highest BCUT2D eigenvalue weighted by Crippen LogP contribution is 2.21. The van der Waals surface area contributed by atoms with E-state index in [0.717, 1.165) is 10.2 Å². The van der Waals surface area contributed by atoms with Gasteiger partial charge in [0.25, 0.3) is 5.91 Å². The Hall–Kier alpha value is -2.15. The van der Waals surface area contributed by atoms with Crippen LogP contribution >= 0.6 is 15.9 Å². The average molecular weight is 394 g/mol. The number of amides is 1. The zero-order chi connectivity index (χ0) is 17.7. The molecule has 6 nitrogen and oxygen atoms in total. The number of benzene rings is 1. The van der Waals surface area contributed by atoms with Crippen molar-refractivity contribution >= 4 is 27.8 Å². The maximum Gasteiger partial charge on any atom is 0.305 e. The highest BCUT2D eigenvalue weighted by molar-refractivity contribution is 9.10. The summed E-state index contributed by atoms with van der Waals surface area (Å²) >= 11 is 3.37. The second-order valence-electron chi connectivity index (χ2n) is 5.66. The van der Waals surface area contributed by atoms with Gasteiger partial charge in [-0.15, -0.1) is 0 Å². The molecule has 0 atom stereocenters. The number of halogens is 1. The van der Waals surface area contributed by atoms with Gasteiger partial charge in [0.15, 0.2) is 0 Å². The lowest BCUT2D eigenvalue weighted by molar-refractivity contribution is -0.138. The van der Waals surface area contributed by atoms with Crippen LogP contribution < -0.4 is 5.32 Å². The second kappa shape index (κ2) is 7.61. The summed E-state index contributed by atoms with van der Waals surface area (Å²) in [5.74, 6) is -1.24. The zero-order valence-corrected chi connectivity index (χ0v) is 15.2. The number of rotatable bonds is 7.